The van der Waals surface area contributed by atoms with Gasteiger partial charge in [-0.2, -0.15) is 0 Å². The molecule has 0 radical (unpaired) electrons. The van der Waals surface area contributed by atoms with Crippen molar-refractivity contribution in [1.82, 2.24) is 15.1 Å². The smallest absolute Gasteiger partial charge is 0.112 e. The number of allylic oxidation sites excluding steroid dienone is 2. The molecular weight excluding hydrogens is 174 g/mol. The maximum absolute atomic E-state index is 4.00. The summed E-state index contributed by atoms with van der Waals surface area (Å²) in [7, 11) is 0. The summed E-state index contributed by atoms with van der Waals surface area (Å²) in [6.45, 7) is 20.2. The molecular formula is C11H17N3. The molecule has 1 N–H and O–H groups in total. The second kappa shape index (κ2) is 3.62. The molecule has 3 heteroatoms. The fraction of sp³-hybridized carbons (Fsp3) is 0.273. The predicted octanol–water partition coefficient (Wildman–Crippen LogP) is 2.16. The lowest BCUT2D eigenvalue weighted by atomic mass is 10.3. The Morgan fingerprint density at radius 1 is 1.21 bits per heavy atom. The Bertz CT molecular complexity index is 314. The lowest BCUT2D eigenvalue weighted by Crippen LogP contribution is -2.46. The van der Waals surface area contributed by atoms with Crippen molar-refractivity contribution < 1.29 is 0 Å². The molecule has 3 nitrogen and oxygen atoms in total. The van der Waals surface area contributed by atoms with Gasteiger partial charge >= 0.3 is 0 Å². The molecule has 0 aromatic rings. The second-order valence-electron chi connectivity index (χ2n) is 3.43. The fourth-order valence-electron chi connectivity index (χ4n) is 1.42. The number of nitrogens with one attached hydrogen (secondary N) is 1. The summed E-state index contributed by atoms with van der Waals surface area (Å²) in [6, 6.07) is 0. The highest BCUT2D eigenvalue weighted by molar-refractivity contribution is 5.21. The molecule has 1 fully saturated rings. The normalized spacial score (nSPS) is 16.7. The fourth-order valence-corrected chi connectivity index (χ4v) is 1.42. The van der Waals surface area contributed by atoms with E-state index in [0.717, 1.165) is 23.0 Å². The van der Waals surface area contributed by atoms with Crippen LogP contribution in [-0.2, 0) is 0 Å². The molecule has 0 saturated carbocycles. The van der Waals surface area contributed by atoms with Crippen LogP contribution in [0, 0.1) is 0 Å². The zero-order chi connectivity index (χ0) is 10.9. The second-order valence-corrected chi connectivity index (χ2v) is 3.43. The van der Waals surface area contributed by atoms with Gasteiger partial charge in [-0.05, 0) is 13.8 Å². The monoisotopic (exact) mass is 191 g/mol. The van der Waals surface area contributed by atoms with Crippen LogP contribution in [0.1, 0.15) is 13.8 Å². The highest BCUT2D eigenvalue weighted by Gasteiger charge is 2.23. The average molecular weight is 191 g/mol. The standard InChI is InChI=1S/C11H17N3/c1-8(2)13-7-12-10(5)14(9(3)4)11(13)6/h12H,1,3,5-7H2,2,4H3. The minimum atomic E-state index is 0.663. The van der Waals surface area contributed by atoms with Crippen LogP contribution in [0.25, 0.3) is 0 Å². The van der Waals surface area contributed by atoms with Crippen molar-refractivity contribution in [1.29, 1.82) is 0 Å². The minimum Gasteiger partial charge on any atom is -0.354 e. The van der Waals surface area contributed by atoms with Crippen LogP contribution in [-0.4, -0.2) is 16.5 Å². The van der Waals surface area contributed by atoms with Crippen LogP contribution < -0.4 is 5.32 Å². The van der Waals surface area contributed by atoms with Crippen LogP contribution in [0.5, 0.6) is 0 Å². The first-order valence-corrected chi connectivity index (χ1v) is 4.45. The van der Waals surface area contributed by atoms with Crippen LogP contribution in [0.3, 0.4) is 0 Å². The van der Waals surface area contributed by atoms with E-state index in [1.165, 1.54) is 0 Å². The largest absolute Gasteiger partial charge is 0.354 e. The Morgan fingerprint density at radius 3 is 2.21 bits per heavy atom. The third kappa shape index (κ3) is 1.66. The summed E-state index contributed by atoms with van der Waals surface area (Å²) in [5.41, 5.74) is 1.83. The predicted molar refractivity (Wildman–Crippen MR) is 59.6 cm³/mol. The Kier molecular flexibility index (Phi) is 2.70. The first-order valence-electron chi connectivity index (χ1n) is 4.45. The van der Waals surface area contributed by atoms with Crippen molar-refractivity contribution in [2.75, 3.05) is 6.67 Å². The van der Waals surface area contributed by atoms with Gasteiger partial charge in [-0.25, -0.2) is 0 Å². The van der Waals surface area contributed by atoms with E-state index in [-0.39, 0.29) is 0 Å². The van der Waals surface area contributed by atoms with Gasteiger partial charge in [0.2, 0.25) is 0 Å². The summed E-state index contributed by atoms with van der Waals surface area (Å²) < 4.78 is 0. The Labute approximate surface area is 85.7 Å². The van der Waals surface area contributed by atoms with E-state index in [1.54, 1.807) is 0 Å². The van der Waals surface area contributed by atoms with Gasteiger partial charge in [-0.15, -0.1) is 0 Å². The third-order valence-electron chi connectivity index (χ3n) is 2.12. The number of hydrogen-bond donors (Lipinski definition) is 1. The molecule has 0 bridgehead atoms. The highest BCUT2D eigenvalue weighted by atomic mass is 15.5. The van der Waals surface area contributed by atoms with Crippen molar-refractivity contribution in [3.63, 3.8) is 0 Å². The molecule has 0 atom stereocenters. The van der Waals surface area contributed by atoms with Crippen molar-refractivity contribution in [2.45, 2.75) is 13.8 Å². The summed E-state index contributed by atoms with van der Waals surface area (Å²) in [5.74, 6) is 1.65. The van der Waals surface area contributed by atoms with E-state index < -0.39 is 0 Å². The molecule has 14 heavy (non-hydrogen) atoms. The third-order valence-corrected chi connectivity index (χ3v) is 2.12. The minimum absolute atomic E-state index is 0.663. The summed E-state index contributed by atoms with van der Waals surface area (Å²) in [4.78, 5) is 3.85. The van der Waals surface area contributed by atoms with Crippen LogP contribution in [0.15, 0.2) is 49.4 Å². The summed E-state index contributed by atoms with van der Waals surface area (Å²) in [6.07, 6.45) is 0. The van der Waals surface area contributed by atoms with Crippen LogP contribution >= 0.6 is 0 Å². The van der Waals surface area contributed by atoms with Crippen molar-refractivity contribution in [2.24, 2.45) is 0 Å². The topological polar surface area (TPSA) is 18.5 Å². The quantitative estimate of drug-likeness (QED) is 0.721. The van der Waals surface area contributed by atoms with Gasteiger partial charge in [-0.1, -0.05) is 26.3 Å². The van der Waals surface area contributed by atoms with Gasteiger partial charge in [0, 0.05) is 11.4 Å². The van der Waals surface area contributed by atoms with Crippen LogP contribution in [0.4, 0.5) is 0 Å². The van der Waals surface area contributed by atoms with Crippen molar-refractivity contribution >= 4 is 0 Å². The first kappa shape index (κ1) is 10.4. The van der Waals surface area contributed by atoms with Crippen LogP contribution in [0.2, 0.25) is 0 Å². The average Bonchev–Trinajstić information content (AvgIpc) is 2.02. The zero-order valence-corrected chi connectivity index (χ0v) is 8.93. The van der Waals surface area contributed by atoms with Gasteiger partial charge in [0.15, 0.2) is 0 Å². The first-order chi connectivity index (χ1) is 6.45. The molecule has 0 aliphatic carbocycles. The van der Waals surface area contributed by atoms with E-state index in [0.29, 0.717) is 6.67 Å². The number of nitrogens with zero attached hydrogens (tertiary/aromatic N) is 2. The Hall–Kier alpha value is -1.64. The van der Waals surface area contributed by atoms with E-state index in [1.807, 2.05) is 23.6 Å². The zero-order valence-electron chi connectivity index (χ0n) is 8.93. The Balaban J connectivity index is 2.94. The molecule has 0 aromatic carbocycles. The van der Waals surface area contributed by atoms with E-state index in [9.17, 15) is 0 Å². The maximum Gasteiger partial charge on any atom is 0.112 e. The number of rotatable bonds is 2. The van der Waals surface area contributed by atoms with Gasteiger partial charge in [0.25, 0.3) is 0 Å². The summed E-state index contributed by atoms with van der Waals surface area (Å²) >= 11 is 0. The molecule has 1 heterocycles. The Morgan fingerprint density at radius 2 is 1.79 bits per heavy atom. The maximum atomic E-state index is 4.00. The molecule has 1 saturated heterocycles. The van der Waals surface area contributed by atoms with Gasteiger partial charge in [0.05, 0.1) is 6.67 Å². The molecule has 1 aliphatic heterocycles. The summed E-state index contributed by atoms with van der Waals surface area (Å²) in [5, 5.41) is 3.15. The van der Waals surface area contributed by atoms with Crippen molar-refractivity contribution in [3.8, 4) is 0 Å². The SMILES string of the molecule is C=C(C)N1CNC(=C)N(C(=C)C)C1=C. The van der Waals surface area contributed by atoms with E-state index in [2.05, 4.69) is 31.6 Å². The molecule has 76 valence electrons. The lowest BCUT2D eigenvalue weighted by Gasteiger charge is -2.42. The molecule has 0 spiro atoms. The van der Waals surface area contributed by atoms with Gasteiger partial charge < -0.3 is 10.2 Å². The highest BCUT2D eigenvalue weighted by Crippen LogP contribution is 2.24. The van der Waals surface area contributed by atoms with Crippen molar-refractivity contribution in [3.05, 3.63) is 49.4 Å². The molecule has 0 unspecified atom stereocenters. The molecule has 1 rings (SSSR count). The molecule has 0 aromatic heterocycles. The van der Waals surface area contributed by atoms with E-state index in [4.69, 9.17) is 0 Å². The molecule has 1 aliphatic rings. The van der Waals surface area contributed by atoms with Gasteiger partial charge in [-0.3, -0.25) is 4.90 Å². The number of hydrogen-bond acceptors (Lipinski definition) is 3. The van der Waals surface area contributed by atoms with E-state index >= 15 is 0 Å². The van der Waals surface area contributed by atoms with Gasteiger partial charge in [0.1, 0.15) is 11.6 Å². The lowest BCUT2D eigenvalue weighted by molar-refractivity contribution is 0.246. The molecule has 0 amide bonds.